The molecule has 0 aromatic rings. The first kappa shape index (κ1) is 15.8. The molecule has 0 saturated carbocycles. The monoisotopic (exact) mass is 234 g/mol. The van der Waals surface area contributed by atoms with E-state index in [9.17, 15) is 0 Å². The van der Waals surface area contributed by atoms with Crippen LogP contribution < -0.4 is 0 Å². The maximum absolute atomic E-state index is 9.04. The van der Waals surface area contributed by atoms with Crippen molar-refractivity contribution >= 4 is 0 Å². The first-order chi connectivity index (χ1) is 7.78. The Bertz CT molecular complexity index is 141. The van der Waals surface area contributed by atoms with Gasteiger partial charge in [-0.25, -0.2) is 0 Å². The smallest absolute Gasteiger partial charge is 0.180 e. The van der Waals surface area contributed by atoms with Gasteiger partial charge in [-0.3, -0.25) is 0 Å². The van der Waals surface area contributed by atoms with Crippen molar-refractivity contribution in [3.8, 4) is 0 Å². The molecular weight excluding hydrogens is 208 g/mol. The molecule has 0 aliphatic carbocycles. The summed E-state index contributed by atoms with van der Waals surface area (Å²) in [5.41, 5.74) is 0. The van der Waals surface area contributed by atoms with E-state index in [1.807, 2.05) is 0 Å². The van der Waals surface area contributed by atoms with Gasteiger partial charge < -0.3 is 19.7 Å². The molecule has 4 heteroatoms. The molecule has 0 fully saturated rings. The topological polar surface area (TPSA) is 58.9 Å². The van der Waals surface area contributed by atoms with Crippen LogP contribution in [-0.2, 0) is 9.47 Å². The summed E-state index contributed by atoms with van der Waals surface area (Å²) in [5.74, 6) is 0. The van der Waals surface area contributed by atoms with Crippen molar-refractivity contribution in [2.75, 3.05) is 19.8 Å². The summed E-state index contributed by atoms with van der Waals surface area (Å²) in [6.07, 6.45) is 5.02. The highest BCUT2D eigenvalue weighted by Gasteiger charge is 2.14. The van der Waals surface area contributed by atoms with Crippen molar-refractivity contribution in [2.45, 2.75) is 58.3 Å². The third-order valence-corrected chi connectivity index (χ3v) is 2.47. The van der Waals surface area contributed by atoms with Crippen molar-refractivity contribution in [1.82, 2.24) is 0 Å². The lowest BCUT2D eigenvalue weighted by Crippen LogP contribution is -2.28. The summed E-state index contributed by atoms with van der Waals surface area (Å²) in [6, 6.07) is 0. The van der Waals surface area contributed by atoms with Crippen LogP contribution in [0.15, 0.2) is 0 Å². The van der Waals surface area contributed by atoms with E-state index in [4.69, 9.17) is 19.7 Å². The molecule has 98 valence electrons. The van der Waals surface area contributed by atoms with Gasteiger partial charge in [-0.05, 0) is 12.8 Å². The second-order valence-electron chi connectivity index (χ2n) is 3.87. The van der Waals surface area contributed by atoms with E-state index in [0.29, 0.717) is 0 Å². The first-order valence-corrected chi connectivity index (χ1v) is 6.27. The maximum Gasteiger partial charge on any atom is 0.180 e. The fourth-order valence-corrected chi connectivity index (χ4v) is 1.52. The van der Waals surface area contributed by atoms with E-state index in [2.05, 4.69) is 13.8 Å². The van der Waals surface area contributed by atoms with Gasteiger partial charge in [0.05, 0.1) is 25.9 Å². The SMILES string of the molecule is CCCCCC(CC)OC(CO)OCCO. The van der Waals surface area contributed by atoms with Crippen molar-refractivity contribution in [3.63, 3.8) is 0 Å². The van der Waals surface area contributed by atoms with E-state index in [1.54, 1.807) is 0 Å². The van der Waals surface area contributed by atoms with Crippen LogP contribution in [-0.4, -0.2) is 42.4 Å². The van der Waals surface area contributed by atoms with E-state index in [-0.39, 0.29) is 25.9 Å². The minimum Gasteiger partial charge on any atom is -0.394 e. The van der Waals surface area contributed by atoms with Crippen LogP contribution >= 0.6 is 0 Å². The Morgan fingerprint density at radius 1 is 1.12 bits per heavy atom. The molecule has 0 amide bonds. The molecule has 0 saturated heterocycles. The third kappa shape index (κ3) is 8.05. The molecule has 4 nitrogen and oxygen atoms in total. The van der Waals surface area contributed by atoms with Gasteiger partial charge in [-0.1, -0.05) is 33.1 Å². The van der Waals surface area contributed by atoms with Gasteiger partial charge in [-0.15, -0.1) is 0 Å². The molecule has 0 aromatic carbocycles. The zero-order chi connectivity index (χ0) is 12.2. The highest BCUT2D eigenvalue weighted by molar-refractivity contribution is 4.57. The maximum atomic E-state index is 9.04. The van der Waals surface area contributed by atoms with Gasteiger partial charge in [0, 0.05) is 0 Å². The van der Waals surface area contributed by atoms with Crippen LogP contribution in [0.4, 0.5) is 0 Å². The number of hydrogen-bond acceptors (Lipinski definition) is 4. The Morgan fingerprint density at radius 2 is 1.88 bits per heavy atom. The number of aliphatic hydroxyl groups excluding tert-OH is 2. The molecule has 0 spiro atoms. The lowest BCUT2D eigenvalue weighted by atomic mass is 10.1. The molecule has 0 radical (unpaired) electrons. The lowest BCUT2D eigenvalue weighted by Gasteiger charge is -2.22. The van der Waals surface area contributed by atoms with Crippen LogP contribution in [0.25, 0.3) is 0 Å². The first-order valence-electron chi connectivity index (χ1n) is 6.27. The van der Waals surface area contributed by atoms with E-state index in [1.165, 1.54) is 12.8 Å². The molecule has 2 atom stereocenters. The van der Waals surface area contributed by atoms with Crippen LogP contribution in [0.1, 0.15) is 46.0 Å². The van der Waals surface area contributed by atoms with Gasteiger partial charge in [0.1, 0.15) is 0 Å². The second-order valence-corrected chi connectivity index (χ2v) is 3.87. The molecule has 0 aromatic heterocycles. The molecule has 0 bridgehead atoms. The average Bonchev–Trinajstić information content (AvgIpc) is 2.32. The van der Waals surface area contributed by atoms with Gasteiger partial charge in [-0.2, -0.15) is 0 Å². The van der Waals surface area contributed by atoms with Crippen LogP contribution in [0.3, 0.4) is 0 Å². The van der Waals surface area contributed by atoms with Gasteiger partial charge in [0.2, 0.25) is 0 Å². The third-order valence-electron chi connectivity index (χ3n) is 2.47. The Hall–Kier alpha value is -0.160. The predicted octanol–water partition coefficient (Wildman–Crippen LogP) is 1.69. The molecule has 0 aliphatic rings. The highest BCUT2D eigenvalue weighted by atomic mass is 16.7. The minimum absolute atomic E-state index is 0.0491. The Kier molecular flexibility index (Phi) is 11.2. The van der Waals surface area contributed by atoms with E-state index < -0.39 is 6.29 Å². The summed E-state index contributed by atoms with van der Waals surface area (Å²) in [6.45, 7) is 4.23. The fourth-order valence-electron chi connectivity index (χ4n) is 1.52. The average molecular weight is 234 g/mol. The number of unbranched alkanes of at least 4 members (excludes halogenated alkanes) is 2. The van der Waals surface area contributed by atoms with Crippen LogP contribution in [0.5, 0.6) is 0 Å². The molecule has 0 heterocycles. The van der Waals surface area contributed by atoms with Crippen LogP contribution in [0, 0.1) is 0 Å². The summed E-state index contributed by atoms with van der Waals surface area (Å²) < 4.78 is 10.8. The molecule has 16 heavy (non-hydrogen) atoms. The standard InChI is InChI=1S/C12H26O4/c1-3-5-6-7-11(4-2)16-12(10-14)15-9-8-13/h11-14H,3-10H2,1-2H3. The largest absolute Gasteiger partial charge is 0.394 e. The van der Waals surface area contributed by atoms with Gasteiger partial charge in [0.25, 0.3) is 0 Å². The molecule has 0 aliphatic heterocycles. The Labute approximate surface area is 98.6 Å². The van der Waals surface area contributed by atoms with Crippen molar-refractivity contribution < 1.29 is 19.7 Å². The second kappa shape index (κ2) is 11.3. The Morgan fingerprint density at radius 3 is 2.38 bits per heavy atom. The highest BCUT2D eigenvalue weighted by Crippen LogP contribution is 2.12. The Balaban J connectivity index is 3.77. The molecule has 0 rings (SSSR count). The number of hydrogen-bond donors (Lipinski definition) is 2. The minimum atomic E-state index is -0.598. The predicted molar refractivity (Wildman–Crippen MR) is 63.2 cm³/mol. The fraction of sp³-hybridized carbons (Fsp3) is 1.00. The number of rotatable bonds is 11. The molecule has 2 N–H and O–H groups in total. The summed E-state index contributed by atoms with van der Waals surface area (Å²) in [4.78, 5) is 0. The summed E-state index contributed by atoms with van der Waals surface area (Å²) >= 11 is 0. The lowest BCUT2D eigenvalue weighted by molar-refractivity contribution is -0.193. The summed E-state index contributed by atoms with van der Waals surface area (Å²) in [5, 5.41) is 17.7. The van der Waals surface area contributed by atoms with Gasteiger partial charge >= 0.3 is 0 Å². The number of aliphatic hydroxyl groups is 2. The van der Waals surface area contributed by atoms with E-state index >= 15 is 0 Å². The zero-order valence-electron chi connectivity index (χ0n) is 10.5. The van der Waals surface area contributed by atoms with Gasteiger partial charge in [0.15, 0.2) is 6.29 Å². The van der Waals surface area contributed by atoms with Crippen molar-refractivity contribution in [2.24, 2.45) is 0 Å². The zero-order valence-corrected chi connectivity index (χ0v) is 10.5. The normalized spacial score (nSPS) is 15.0. The molecule has 2 unspecified atom stereocenters. The van der Waals surface area contributed by atoms with Crippen molar-refractivity contribution in [3.05, 3.63) is 0 Å². The quantitative estimate of drug-likeness (QED) is 0.422. The number of ether oxygens (including phenoxy) is 2. The van der Waals surface area contributed by atoms with Crippen LogP contribution in [0.2, 0.25) is 0 Å². The summed E-state index contributed by atoms with van der Waals surface area (Å²) in [7, 11) is 0. The molecular formula is C12H26O4. The van der Waals surface area contributed by atoms with Crippen molar-refractivity contribution in [1.29, 1.82) is 0 Å². The van der Waals surface area contributed by atoms with E-state index in [0.717, 1.165) is 19.3 Å².